The minimum absolute atomic E-state index is 0.178. The van der Waals surface area contributed by atoms with Crippen LogP contribution in [-0.4, -0.2) is 18.4 Å². The highest BCUT2D eigenvalue weighted by Gasteiger charge is 2.16. The molecular formula is C23H26N2O3. The number of aryl methyl sites for hydroxylation is 1. The third kappa shape index (κ3) is 4.09. The summed E-state index contributed by atoms with van der Waals surface area (Å²) in [6, 6.07) is 11.1. The Labute approximate surface area is 165 Å². The number of carbonyl (C=O) groups is 2. The van der Waals surface area contributed by atoms with Crippen molar-refractivity contribution in [3.63, 3.8) is 0 Å². The van der Waals surface area contributed by atoms with Gasteiger partial charge in [-0.2, -0.15) is 0 Å². The standard InChI is InChI=1S/C23H26N2O3/c1-5-24-23(27)17-8-6-7-9-20(17)25-22(26)11-16-13-28-21-10-15(4)18(14(2)3)12-19(16)21/h6-10,12-14H,5,11H2,1-4H3,(H,24,27)(H,25,26). The summed E-state index contributed by atoms with van der Waals surface area (Å²) in [4.78, 5) is 24.9. The first-order chi connectivity index (χ1) is 13.4. The van der Waals surface area contributed by atoms with Crippen molar-refractivity contribution in [3.05, 3.63) is 64.9 Å². The fraction of sp³-hybridized carbons (Fsp3) is 0.304. The Bertz CT molecular complexity index is 1020. The molecule has 0 saturated carbocycles. The van der Waals surface area contributed by atoms with Gasteiger partial charge in [0.15, 0.2) is 0 Å². The van der Waals surface area contributed by atoms with Gasteiger partial charge in [-0.05, 0) is 55.2 Å². The Hall–Kier alpha value is -3.08. The maximum absolute atomic E-state index is 12.7. The maximum Gasteiger partial charge on any atom is 0.253 e. The quantitative estimate of drug-likeness (QED) is 0.647. The minimum Gasteiger partial charge on any atom is -0.464 e. The lowest BCUT2D eigenvalue weighted by Crippen LogP contribution is -2.25. The van der Waals surface area contributed by atoms with Gasteiger partial charge in [0.25, 0.3) is 5.91 Å². The normalized spacial score (nSPS) is 11.0. The predicted octanol–water partition coefficient (Wildman–Crippen LogP) is 4.80. The van der Waals surface area contributed by atoms with Crippen molar-refractivity contribution in [2.24, 2.45) is 0 Å². The van der Waals surface area contributed by atoms with Crippen LogP contribution >= 0.6 is 0 Å². The number of hydrogen-bond acceptors (Lipinski definition) is 3. The number of anilines is 1. The van der Waals surface area contributed by atoms with Crippen LogP contribution in [0.4, 0.5) is 5.69 Å². The summed E-state index contributed by atoms with van der Waals surface area (Å²) in [6.07, 6.45) is 1.82. The van der Waals surface area contributed by atoms with Crippen molar-refractivity contribution in [1.82, 2.24) is 5.32 Å². The van der Waals surface area contributed by atoms with Crippen LogP contribution in [0.2, 0.25) is 0 Å². The zero-order valence-corrected chi connectivity index (χ0v) is 16.8. The van der Waals surface area contributed by atoms with Crippen molar-refractivity contribution < 1.29 is 14.0 Å². The van der Waals surface area contributed by atoms with Crippen LogP contribution in [0.3, 0.4) is 0 Å². The molecule has 2 amide bonds. The highest BCUT2D eigenvalue weighted by atomic mass is 16.3. The molecule has 2 N–H and O–H groups in total. The Balaban J connectivity index is 1.83. The minimum atomic E-state index is -0.204. The molecule has 3 rings (SSSR count). The van der Waals surface area contributed by atoms with Crippen molar-refractivity contribution in [3.8, 4) is 0 Å². The van der Waals surface area contributed by atoms with Gasteiger partial charge in [0, 0.05) is 17.5 Å². The van der Waals surface area contributed by atoms with Gasteiger partial charge in [0.1, 0.15) is 5.58 Å². The Morgan fingerprint density at radius 3 is 2.61 bits per heavy atom. The number of rotatable bonds is 6. The van der Waals surface area contributed by atoms with Crippen LogP contribution in [0.25, 0.3) is 11.0 Å². The topological polar surface area (TPSA) is 71.3 Å². The Kier molecular flexibility index (Phi) is 5.83. The van der Waals surface area contributed by atoms with E-state index in [-0.39, 0.29) is 18.2 Å². The lowest BCUT2D eigenvalue weighted by atomic mass is 9.95. The van der Waals surface area contributed by atoms with Gasteiger partial charge in [0.05, 0.1) is 23.9 Å². The van der Waals surface area contributed by atoms with E-state index in [0.29, 0.717) is 23.7 Å². The average Bonchev–Trinajstić information content (AvgIpc) is 3.02. The van der Waals surface area contributed by atoms with E-state index in [2.05, 4.69) is 37.5 Å². The first kappa shape index (κ1) is 19.7. The van der Waals surface area contributed by atoms with Crippen molar-refractivity contribution in [2.45, 2.75) is 40.0 Å². The summed E-state index contributed by atoms with van der Waals surface area (Å²) < 4.78 is 5.67. The number of nitrogens with one attached hydrogen (secondary N) is 2. The van der Waals surface area contributed by atoms with Gasteiger partial charge >= 0.3 is 0 Å². The van der Waals surface area contributed by atoms with E-state index in [0.717, 1.165) is 16.5 Å². The number of amides is 2. The molecule has 1 aromatic heterocycles. The number of benzene rings is 2. The molecule has 0 aliphatic heterocycles. The molecule has 28 heavy (non-hydrogen) atoms. The molecule has 0 fully saturated rings. The first-order valence-electron chi connectivity index (χ1n) is 9.58. The van der Waals surface area contributed by atoms with Crippen LogP contribution in [0.5, 0.6) is 0 Å². The predicted molar refractivity (Wildman–Crippen MR) is 112 cm³/mol. The van der Waals surface area contributed by atoms with Crippen molar-refractivity contribution >= 4 is 28.5 Å². The molecule has 0 atom stereocenters. The van der Waals surface area contributed by atoms with E-state index in [1.165, 1.54) is 11.1 Å². The molecule has 0 bridgehead atoms. The zero-order valence-electron chi connectivity index (χ0n) is 16.8. The smallest absolute Gasteiger partial charge is 0.253 e. The van der Waals surface area contributed by atoms with E-state index >= 15 is 0 Å². The molecular weight excluding hydrogens is 352 g/mol. The molecule has 3 aromatic rings. The number of fused-ring (bicyclic) bond motifs is 1. The number of furan rings is 1. The van der Waals surface area contributed by atoms with E-state index in [4.69, 9.17) is 4.42 Å². The second-order valence-corrected chi connectivity index (χ2v) is 7.25. The molecule has 0 spiro atoms. The largest absolute Gasteiger partial charge is 0.464 e. The van der Waals surface area contributed by atoms with Gasteiger partial charge in [-0.3, -0.25) is 9.59 Å². The maximum atomic E-state index is 12.7. The molecule has 0 aliphatic carbocycles. The van der Waals surface area contributed by atoms with Crippen LogP contribution in [-0.2, 0) is 11.2 Å². The molecule has 5 heteroatoms. The van der Waals surface area contributed by atoms with Gasteiger partial charge in [-0.1, -0.05) is 26.0 Å². The van der Waals surface area contributed by atoms with Crippen LogP contribution in [0.1, 0.15) is 53.7 Å². The fourth-order valence-electron chi connectivity index (χ4n) is 3.42. The fourth-order valence-corrected chi connectivity index (χ4v) is 3.42. The lowest BCUT2D eigenvalue weighted by molar-refractivity contribution is -0.115. The zero-order chi connectivity index (χ0) is 20.3. The van der Waals surface area contributed by atoms with Crippen LogP contribution in [0, 0.1) is 6.92 Å². The number of para-hydroxylation sites is 1. The highest BCUT2D eigenvalue weighted by Crippen LogP contribution is 2.29. The summed E-state index contributed by atoms with van der Waals surface area (Å²) in [5.74, 6) is 0.000244. The van der Waals surface area contributed by atoms with Crippen molar-refractivity contribution in [1.29, 1.82) is 0 Å². The number of hydrogen-bond donors (Lipinski definition) is 2. The van der Waals surface area contributed by atoms with E-state index in [1.54, 1.807) is 30.5 Å². The molecule has 0 saturated heterocycles. The van der Waals surface area contributed by atoms with Gasteiger partial charge in [0.2, 0.25) is 5.91 Å². The SMILES string of the molecule is CCNC(=O)c1ccccc1NC(=O)Cc1coc2cc(C)c(C(C)C)cc12. The van der Waals surface area contributed by atoms with Gasteiger partial charge in [-0.15, -0.1) is 0 Å². The molecule has 5 nitrogen and oxygen atoms in total. The monoisotopic (exact) mass is 378 g/mol. The van der Waals surface area contributed by atoms with Gasteiger partial charge < -0.3 is 15.1 Å². The third-order valence-corrected chi connectivity index (χ3v) is 4.80. The first-order valence-corrected chi connectivity index (χ1v) is 9.58. The van der Waals surface area contributed by atoms with Crippen molar-refractivity contribution in [2.75, 3.05) is 11.9 Å². The Morgan fingerprint density at radius 2 is 1.89 bits per heavy atom. The highest BCUT2D eigenvalue weighted by molar-refractivity contribution is 6.04. The second kappa shape index (κ2) is 8.30. The van der Waals surface area contributed by atoms with Crippen LogP contribution in [0.15, 0.2) is 47.1 Å². The molecule has 0 radical (unpaired) electrons. The van der Waals surface area contributed by atoms with E-state index in [1.807, 2.05) is 13.0 Å². The van der Waals surface area contributed by atoms with Gasteiger partial charge in [-0.25, -0.2) is 0 Å². The third-order valence-electron chi connectivity index (χ3n) is 4.80. The molecule has 146 valence electrons. The second-order valence-electron chi connectivity index (χ2n) is 7.25. The van der Waals surface area contributed by atoms with E-state index in [9.17, 15) is 9.59 Å². The summed E-state index contributed by atoms with van der Waals surface area (Å²) in [6.45, 7) is 8.76. The summed E-state index contributed by atoms with van der Waals surface area (Å²) in [5.41, 5.74) is 5.01. The molecule has 0 unspecified atom stereocenters. The average molecular weight is 378 g/mol. The molecule has 0 aliphatic rings. The summed E-state index contributed by atoms with van der Waals surface area (Å²) in [7, 11) is 0. The molecule has 1 heterocycles. The molecule has 2 aromatic carbocycles. The summed E-state index contributed by atoms with van der Waals surface area (Å²) >= 11 is 0. The summed E-state index contributed by atoms with van der Waals surface area (Å²) in [5, 5.41) is 6.58. The Morgan fingerprint density at radius 1 is 1.14 bits per heavy atom. The van der Waals surface area contributed by atoms with Crippen LogP contribution < -0.4 is 10.6 Å². The lowest BCUT2D eigenvalue weighted by Gasteiger charge is -2.11. The number of carbonyl (C=O) groups excluding carboxylic acids is 2. The van der Waals surface area contributed by atoms with E-state index < -0.39 is 0 Å².